The minimum atomic E-state index is -0.819. The lowest BCUT2D eigenvalue weighted by Crippen LogP contribution is -2.30. The zero-order valence-electron chi connectivity index (χ0n) is 51.0. The molecule has 0 heterocycles. The lowest BCUT2D eigenvalue weighted by atomic mass is 10.1. The van der Waals surface area contributed by atoms with Crippen LogP contribution in [0.25, 0.3) is 0 Å². The molecule has 0 aliphatic heterocycles. The Hall–Kier alpha value is -5.49. The molecular weight excluding hydrogens is 985 g/mol. The van der Waals surface area contributed by atoms with Gasteiger partial charge in [-0.15, -0.1) is 0 Å². The van der Waals surface area contributed by atoms with Gasteiger partial charge >= 0.3 is 17.9 Å². The van der Waals surface area contributed by atoms with Crippen molar-refractivity contribution in [1.29, 1.82) is 0 Å². The van der Waals surface area contributed by atoms with Gasteiger partial charge in [0.15, 0.2) is 6.10 Å². The van der Waals surface area contributed by atoms with E-state index < -0.39 is 6.10 Å². The van der Waals surface area contributed by atoms with Gasteiger partial charge in [-0.1, -0.05) is 274 Å². The minimum absolute atomic E-state index is 0.112. The van der Waals surface area contributed by atoms with E-state index >= 15 is 0 Å². The summed E-state index contributed by atoms with van der Waals surface area (Å²) < 4.78 is 16.7. The first-order chi connectivity index (χ1) is 39.5. The van der Waals surface area contributed by atoms with Crippen LogP contribution in [0.2, 0.25) is 0 Å². The normalized spacial score (nSPS) is 13.4. The maximum atomic E-state index is 12.8. The lowest BCUT2D eigenvalue weighted by molar-refractivity contribution is -0.167. The molecule has 0 radical (unpaired) electrons. The average Bonchev–Trinajstić information content (AvgIpc) is 3.46. The molecule has 0 aromatic carbocycles. The molecule has 0 saturated heterocycles. The van der Waals surface area contributed by atoms with Gasteiger partial charge < -0.3 is 14.2 Å². The Kier molecular flexibility index (Phi) is 61.5. The summed E-state index contributed by atoms with van der Waals surface area (Å²) in [5.41, 5.74) is 0. The number of esters is 3. The van der Waals surface area contributed by atoms with Crippen molar-refractivity contribution in [3.8, 4) is 0 Å². The molecule has 0 spiro atoms. The van der Waals surface area contributed by atoms with Gasteiger partial charge in [0.1, 0.15) is 13.2 Å². The van der Waals surface area contributed by atoms with Crippen LogP contribution in [-0.2, 0) is 28.6 Å². The van der Waals surface area contributed by atoms with Crippen LogP contribution in [0.5, 0.6) is 0 Å². The van der Waals surface area contributed by atoms with Crippen molar-refractivity contribution >= 4 is 17.9 Å². The van der Waals surface area contributed by atoms with Gasteiger partial charge in [-0.3, -0.25) is 14.4 Å². The van der Waals surface area contributed by atoms with Crippen LogP contribution in [0.3, 0.4) is 0 Å². The predicted octanol–water partition coefficient (Wildman–Crippen LogP) is 22.0. The molecule has 446 valence electrons. The van der Waals surface area contributed by atoms with E-state index in [2.05, 4.69) is 203 Å². The van der Waals surface area contributed by atoms with Crippen LogP contribution in [-0.4, -0.2) is 37.2 Å². The van der Waals surface area contributed by atoms with E-state index in [9.17, 15) is 14.4 Å². The molecule has 0 N–H and O–H groups in total. The fraction of sp³-hybridized carbons (Fsp3) is 0.554. The van der Waals surface area contributed by atoms with Crippen molar-refractivity contribution in [1.82, 2.24) is 0 Å². The van der Waals surface area contributed by atoms with Crippen LogP contribution in [0, 0.1) is 0 Å². The SMILES string of the molecule is CC/C=C\C/C=C\C/C=C\C/C=C\C/C=C\C/C=C\C/C=C\C/C=C\CCCCCCCCCCC(=O)OCC(COC(=O)CCCCCCCC)OC(=O)CCC/C=C\C/C=C\C/C=C\C/C=C\C/C=C\C/C=C\C/C=C\CC. The number of hydrogen-bond acceptors (Lipinski definition) is 6. The summed E-state index contributed by atoms with van der Waals surface area (Å²) in [7, 11) is 0. The molecule has 0 fully saturated rings. The molecule has 0 aliphatic rings. The van der Waals surface area contributed by atoms with Crippen molar-refractivity contribution in [2.75, 3.05) is 13.2 Å². The molecule has 0 saturated carbocycles. The number of hydrogen-bond donors (Lipinski definition) is 0. The number of carbonyl (C=O) groups is 3. The Labute approximate surface area is 491 Å². The monoisotopic (exact) mass is 1100 g/mol. The van der Waals surface area contributed by atoms with E-state index in [1.54, 1.807) is 0 Å². The molecule has 1 unspecified atom stereocenters. The fourth-order valence-corrected chi connectivity index (χ4v) is 7.98. The minimum Gasteiger partial charge on any atom is -0.462 e. The Balaban J connectivity index is 4.24. The zero-order chi connectivity index (χ0) is 57.8. The number of ether oxygens (including phenoxy) is 3. The summed E-state index contributed by atoms with van der Waals surface area (Å²) in [6.07, 6.45) is 99.4. The zero-order valence-corrected chi connectivity index (χ0v) is 51.0. The van der Waals surface area contributed by atoms with Gasteiger partial charge in [0.25, 0.3) is 0 Å². The predicted molar refractivity (Wildman–Crippen MR) is 348 cm³/mol. The molecule has 0 rings (SSSR count). The Morgan fingerprint density at radius 2 is 0.500 bits per heavy atom. The van der Waals surface area contributed by atoms with Crippen LogP contribution in [0.4, 0.5) is 0 Å². The summed E-state index contributed by atoms with van der Waals surface area (Å²) in [4.78, 5) is 38.0. The Morgan fingerprint density at radius 3 is 0.800 bits per heavy atom. The van der Waals surface area contributed by atoms with Crippen LogP contribution >= 0.6 is 0 Å². The third kappa shape index (κ3) is 63.3. The second-order valence-corrected chi connectivity index (χ2v) is 20.2. The van der Waals surface area contributed by atoms with Crippen molar-refractivity contribution < 1.29 is 28.6 Å². The maximum absolute atomic E-state index is 12.8. The second-order valence-electron chi connectivity index (χ2n) is 20.2. The lowest BCUT2D eigenvalue weighted by Gasteiger charge is -2.18. The summed E-state index contributed by atoms with van der Waals surface area (Å²) in [6.45, 7) is 6.28. The van der Waals surface area contributed by atoms with Gasteiger partial charge in [-0.05, 0) is 135 Å². The van der Waals surface area contributed by atoms with E-state index in [1.807, 2.05) is 0 Å². The summed E-state index contributed by atoms with van der Waals surface area (Å²) in [5.74, 6) is -1.000. The van der Waals surface area contributed by atoms with E-state index in [0.29, 0.717) is 19.3 Å². The Morgan fingerprint density at radius 1 is 0.263 bits per heavy atom. The molecule has 0 amide bonds. The van der Waals surface area contributed by atoms with Crippen LogP contribution < -0.4 is 0 Å². The van der Waals surface area contributed by atoms with Crippen LogP contribution in [0.1, 0.15) is 245 Å². The number of unbranched alkanes of at least 4 members (excludes halogenated alkanes) is 14. The van der Waals surface area contributed by atoms with Gasteiger partial charge in [0.2, 0.25) is 0 Å². The van der Waals surface area contributed by atoms with Crippen molar-refractivity contribution in [3.05, 3.63) is 182 Å². The first kappa shape index (κ1) is 74.5. The third-order valence-electron chi connectivity index (χ3n) is 12.7. The van der Waals surface area contributed by atoms with Crippen molar-refractivity contribution in [2.24, 2.45) is 0 Å². The Bertz CT molecular complexity index is 1890. The van der Waals surface area contributed by atoms with E-state index in [4.69, 9.17) is 14.2 Å². The van der Waals surface area contributed by atoms with Gasteiger partial charge in [0.05, 0.1) is 0 Å². The van der Waals surface area contributed by atoms with E-state index in [-0.39, 0.29) is 37.5 Å². The third-order valence-corrected chi connectivity index (χ3v) is 12.7. The number of allylic oxidation sites excluding steroid dienone is 30. The summed E-state index contributed by atoms with van der Waals surface area (Å²) in [5, 5.41) is 0. The van der Waals surface area contributed by atoms with Crippen LogP contribution in [0.15, 0.2) is 182 Å². The first-order valence-electron chi connectivity index (χ1n) is 31.8. The van der Waals surface area contributed by atoms with Gasteiger partial charge in [-0.25, -0.2) is 0 Å². The molecule has 0 aromatic rings. The quantitative estimate of drug-likeness (QED) is 0.0261. The summed E-state index contributed by atoms with van der Waals surface area (Å²) >= 11 is 0. The average molecular weight is 1100 g/mol. The molecule has 6 nitrogen and oxygen atoms in total. The van der Waals surface area contributed by atoms with E-state index in [0.717, 1.165) is 148 Å². The van der Waals surface area contributed by atoms with Gasteiger partial charge in [-0.2, -0.15) is 0 Å². The topological polar surface area (TPSA) is 78.9 Å². The standard InChI is InChI=1S/C74H114O6/c1-4-7-10-13-16-18-20-22-24-26-28-30-32-33-34-35-36-37-38-39-40-41-43-44-46-48-50-52-54-56-58-61-64-67-73(76)79-70-71(69-78-72(75)66-63-60-15-12-9-6-3)80-74(77)68-65-62-59-57-55-53-51-49-47-45-42-31-29-27-25-23-21-19-17-14-11-8-5-2/h7-8,10-11,16-19,22-25,28-31,33-34,36-37,39-40,43-45,47,51,53,57,59,71H,4-6,9,12-15,20-21,26-27,32,35,38,41-42,46,48-50,52,54-56,58,60-70H2,1-3H3/b10-7-,11-8-,18-16-,19-17-,24-22-,25-23-,30-28-,31-29-,34-33-,37-36-,40-39-,44-43-,47-45-,53-51-,59-57-. The van der Waals surface area contributed by atoms with Crippen molar-refractivity contribution in [3.63, 3.8) is 0 Å². The number of rotatable bonds is 55. The highest BCUT2D eigenvalue weighted by Gasteiger charge is 2.19. The fourth-order valence-electron chi connectivity index (χ4n) is 7.98. The largest absolute Gasteiger partial charge is 0.462 e. The van der Waals surface area contributed by atoms with E-state index in [1.165, 1.54) is 51.4 Å². The highest BCUT2D eigenvalue weighted by Crippen LogP contribution is 2.13. The molecule has 0 aromatic heterocycles. The number of carbonyl (C=O) groups excluding carboxylic acids is 3. The molecule has 0 aliphatic carbocycles. The second kappa shape index (κ2) is 66.0. The molecular formula is C74H114O6. The van der Waals surface area contributed by atoms with Crippen molar-refractivity contribution in [2.45, 2.75) is 252 Å². The highest BCUT2D eigenvalue weighted by atomic mass is 16.6. The molecule has 6 heteroatoms. The highest BCUT2D eigenvalue weighted by molar-refractivity contribution is 5.71. The molecule has 80 heavy (non-hydrogen) atoms. The van der Waals surface area contributed by atoms with Gasteiger partial charge in [0, 0.05) is 19.3 Å². The smallest absolute Gasteiger partial charge is 0.306 e. The molecule has 1 atom stereocenters. The molecule has 0 bridgehead atoms. The summed E-state index contributed by atoms with van der Waals surface area (Å²) in [6, 6.07) is 0. The first-order valence-corrected chi connectivity index (χ1v) is 31.8. The maximum Gasteiger partial charge on any atom is 0.306 e.